The highest BCUT2D eigenvalue weighted by Crippen LogP contribution is 2.46. The van der Waals surface area contributed by atoms with Crippen molar-refractivity contribution in [3.8, 4) is 0 Å². The topological polar surface area (TPSA) is 21.3 Å². The first-order valence-corrected chi connectivity index (χ1v) is 9.96. The number of halogens is 1. The number of hydrogen-bond acceptors (Lipinski definition) is 2. The van der Waals surface area contributed by atoms with Crippen LogP contribution in [0.2, 0.25) is 0 Å². The highest BCUT2D eigenvalue weighted by molar-refractivity contribution is 5.15. The molecule has 1 aliphatic heterocycles. The summed E-state index contributed by atoms with van der Waals surface area (Å²) >= 11 is 0. The van der Waals surface area contributed by atoms with Gasteiger partial charge in [-0.25, -0.2) is 4.39 Å². The van der Waals surface area contributed by atoms with Crippen molar-refractivity contribution < 1.29 is 9.13 Å². The second-order valence-corrected chi connectivity index (χ2v) is 8.56. The minimum atomic E-state index is -0.169. The van der Waals surface area contributed by atoms with E-state index in [0.717, 1.165) is 37.6 Å². The SMILES string of the molecule is CCC1(C)CC(CCNCc2ccc(F)cc2)(CCC(C)C)CCO1. The predicted molar refractivity (Wildman–Crippen MR) is 103 cm³/mol. The molecule has 1 saturated heterocycles. The highest BCUT2D eigenvalue weighted by Gasteiger charge is 2.41. The molecule has 142 valence electrons. The lowest BCUT2D eigenvalue weighted by Gasteiger charge is -2.47. The van der Waals surface area contributed by atoms with Crippen molar-refractivity contribution in [3.05, 3.63) is 35.6 Å². The Morgan fingerprint density at radius 2 is 1.92 bits per heavy atom. The van der Waals surface area contributed by atoms with Crippen molar-refractivity contribution in [3.63, 3.8) is 0 Å². The van der Waals surface area contributed by atoms with Crippen LogP contribution < -0.4 is 5.32 Å². The molecule has 1 heterocycles. The van der Waals surface area contributed by atoms with E-state index in [1.165, 1.54) is 44.2 Å². The van der Waals surface area contributed by atoms with Crippen LogP contribution in [-0.2, 0) is 11.3 Å². The van der Waals surface area contributed by atoms with Crippen LogP contribution in [0.5, 0.6) is 0 Å². The molecule has 3 heteroatoms. The molecule has 0 saturated carbocycles. The maximum absolute atomic E-state index is 13.0. The van der Waals surface area contributed by atoms with Crippen molar-refractivity contribution >= 4 is 0 Å². The van der Waals surface area contributed by atoms with E-state index in [1.807, 2.05) is 12.1 Å². The third-order valence-electron chi connectivity index (χ3n) is 5.91. The molecule has 25 heavy (non-hydrogen) atoms. The molecule has 2 nitrogen and oxygen atoms in total. The molecule has 2 atom stereocenters. The van der Waals surface area contributed by atoms with Gasteiger partial charge in [-0.2, -0.15) is 0 Å². The maximum atomic E-state index is 13.0. The molecule has 2 rings (SSSR count). The van der Waals surface area contributed by atoms with Gasteiger partial charge in [-0.3, -0.25) is 0 Å². The molecule has 0 bridgehead atoms. The Hall–Kier alpha value is -0.930. The summed E-state index contributed by atoms with van der Waals surface area (Å²) in [4.78, 5) is 0. The molecule has 1 aliphatic rings. The molecule has 0 spiro atoms. The summed E-state index contributed by atoms with van der Waals surface area (Å²) in [6.45, 7) is 11.9. The average Bonchev–Trinajstić information content (AvgIpc) is 2.59. The van der Waals surface area contributed by atoms with Crippen molar-refractivity contribution in [1.29, 1.82) is 0 Å². The van der Waals surface area contributed by atoms with Gasteiger partial charge in [0.05, 0.1) is 5.60 Å². The summed E-state index contributed by atoms with van der Waals surface area (Å²) in [5.74, 6) is 0.581. The van der Waals surface area contributed by atoms with Gasteiger partial charge in [0, 0.05) is 13.2 Å². The van der Waals surface area contributed by atoms with Gasteiger partial charge in [-0.05, 0) is 74.6 Å². The van der Waals surface area contributed by atoms with Gasteiger partial charge in [0.15, 0.2) is 0 Å². The van der Waals surface area contributed by atoms with E-state index in [2.05, 4.69) is 33.0 Å². The minimum Gasteiger partial charge on any atom is -0.375 e. The standard InChI is InChI=1S/C22H36FNO/c1-5-21(4)17-22(13-15-25-21,11-10-18(2)3)12-14-24-16-19-6-8-20(23)9-7-19/h6-9,18,24H,5,10-17H2,1-4H3. The third-order valence-corrected chi connectivity index (χ3v) is 5.91. The van der Waals surface area contributed by atoms with E-state index in [9.17, 15) is 4.39 Å². The zero-order chi connectivity index (χ0) is 18.3. The molecular weight excluding hydrogens is 313 g/mol. The third kappa shape index (κ3) is 6.38. The van der Waals surface area contributed by atoms with Crippen LogP contribution in [0.4, 0.5) is 4.39 Å². The van der Waals surface area contributed by atoms with E-state index in [4.69, 9.17) is 4.74 Å². The monoisotopic (exact) mass is 349 g/mol. The molecule has 0 aromatic heterocycles. The average molecular weight is 350 g/mol. The first-order valence-electron chi connectivity index (χ1n) is 9.96. The lowest BCUT2D eigenvalue weighted by Crippen LogP contribution is -2.44. The molecule has 1 aromatic carbocycles. The van der Waals surface area contributed by atoms with Gasteiger partial charge in [0.2, 0.25) is 0 Å². The molecule has 0 radical (unpaired) electrons. The normalized spacial score (nSPS) is 27.0. The number of ether oxygens (including phenoxy) is 1. The number of rotatable bonds is 9. The Morgan fingerprint density at radius 3 is 2.56 bits per heavy atom. The summed E-state index contributed by atoms with van der Waals surface area (Å²) in [5, 5.41) is 3.56. The van der Waals surface area contributed by atoms with E-state index in [1.54, 1.807) is 0 Å². The maximum Gasteiger partial charge on any atom is 0.123 e. The van der Waals surface area contributed by atoms with Gasteiger partial charge >= 0.3 is 0 Å². The van der Waals surface area contributed by atoms with E-state index < -0.39 is 0 Å². The molecule has 0 aliphatic carbocycles. The molecule has 2 unspecified atom stereocenters. The Morgan fingerprint density at radius 1 is 1.20 bits per heavy atom. The van der Waals surface area contributed by atoms with E-state index in [-0.39, 0.29) is 11.4 Å². The van der Waals surface area contributed by atoms with Gasteiger partial charge in [0.25, 0.3) is 0 Å². The summed E-state index contributed by atoms with van der Waals surface area (Å²) in [6.07, 6.45) is 7.20. The Labute approximate surface area is 153 Å². The fourth-order valence-corrected chi connectivity index (χ4v) is 4.01. The van der Waals surface area contributed by atoms with Gasteiger partial charge in [-0.1, -0.05) is 39.3 Å². The van der Waals surface area contributed by atoms with Crippen molar-refractivity contribution in [1.82, 2.24) is 5.32 Å². The number of nitrogens with one attached hydrogen (secondary N) is 1. The van der Waals surface area contributed by atoms with E-state index >= 15 is 0 Å². The van der Waals surface area contributed by atoms with Crippen LogP contribution >= 0.6 is 0 Å². The zero-order valence-corrected chi connectivity index (χ0v) is 16.5. The van der Waals surface area contributed by atoms with Crippen LogP contribution in [0.1, 0.15) is 71.8 Å². The second-order valence-electron chi connectivity index (χ2n) is 8.56. The quantitative estimate of drug-likeness (QED) is 0.577. The fourth-order valence-electron chi connectivity index (χ4n) is 4.01. The molecule has 1 aromatic rings. The summed E-state index contributed by atoms with van der Waals surface area (Å²) in [5.41, 5.74) is 1.57. The molecule has 1 N–H and O–H groups in total. The first-order chi connectivity index (χ1) is 11.9. The lowest BCUT2D eigenvalue weighted by molar-refractivity contribution is -0.122. The van der Waals surface area contributed by atoms with Gasteiger partial charge < -0.3 is 10.1 Å². The van der Waals surface area contributed by atoms with Crippen molar-refractivity contribution in [2.75, 3.05) is 13.2 Å². The van der Waals surface area contributed by atoms with Crippen molar-refractivity contribution in [2.45, 2.75) is 78.4 Å². The minimum absolute atomic E-state index is 0.0339. The smallest absolute Gasteiger partial charge is 0.123 e. The first kappa shape index (κ1) is 20.4. The van der Waals surface area contributed by atoms with Crippen LogP contribution in [0, 0.1) is 17.2 Å². The molecule has 0 amide bonds. The lowest BCUT2D eigenvalue weighted by atomic mass is 9.67. The van der Waals surface area contributed by atoms with Crippen LogP contribution in [0.3, 0.4) is 0 Å². The fraction of sp³-hybridized carbons (Fsp3) is 0.727. The van der Waals surface area contributed by atoms with Gasteiger partial charge in [-0.15, -0.1) is 0 Å². The molecule has 1 fully saturated rings. The Balaban J connectivity index is 1.90. The van der Waals surface area contributed by atoms with Crippen LogP contribution in [-0.4, -0.2) is 18.8 Å². The van der Waals surface area contributed by atoms with Crippen LogP contribution in [0.15, 0.2) is 24.3 Å². The highest BCUT2D eigenvalue weighted by atomic mass is 19.1. The number of benzene rings is 1. The summed E-state index contributed by atoms with van der Waals surface area (Å²) < 4.78 is 19.1. The summed E-state index contributed by atoms with van der Waals surface area (Å²) in [6, 6.07) is 6.79. The second kappa shape index (κ2) is 9.14. The predicted octanol–water partition coefficient (Wildman–Crippen LogP) is 5.71. The van der Waals surface area contributed by atoms with Crippen LogP contribution in [0.25, 0.3) is 0 Å². The largest absolute Gasteiger partial charge is 0.375 e. The molecular formula is C22H36FNO. The Bertz CT molecular complexity index is 515. The van der Waals surface area contributed by atoms with Crippen molar-refractivity contribution in [2.24, 2.45) is 11.3 Å². The van der Waals surface area contributed by atoms with E-state index in [0.29, 0.717) is 5.41 Å². The number of hydrogen-bond donors (Lipinski definition) is 1. The van der Waals surface area contributed by atoms with Gasteiger partial charge in [0.1, 0.15) is 5.82 Å². The Kier molecular flexibility index (Phi) is 7.45. The summed E-state index contributed by atoms with van der Waals surface area (Å²) in [7, 11) is 0. The zero-order valence-electron chi connectivity index (χ0n) is 16.5.